The number of hydrogen-bond acceptors (Lipinski definition) is 0. The largest absolute Gasteiger partial charge is 0.103 e. The second kappa shape index (κ2) is 27.5. The van der Waals surface area contributed by atoms with E-state index in [-0.39, 0.29) is 0 Å². The number of hydrogen-bond donors (Lipinski definition) is 0. The highest BCUT2D eigenvalue weighted by atomic mass is 14.0. The predicted molar refractivity (Wildman–Crippen MR) is 105 cm³/mol. The van der Waals surface area contributed by atoms with Crippen molar-refractivity contribution >= 4 is 0 Å². The van der Waals surface area contributed by atoms with Gasteiger partial charge in [-0.05, 0) is 40.5 Å². The molecule has 0 rings (SSSR count). The zero-order chi connectivity index (χ0) is 17.7. The van der Waals surface area contributed by atoms with Crippen LogP contribution in [0.4, 0.5) is 0 Å². The van der Waals surface area contributed by atoms with Crippen LogP contribution in [-0.2, 0) is 0 Å². The predicted octanol–water partition coefficient (Wildman–Crippen LogP) is 8.36. The van der Waals surface area contributed by atoms with E-state index in [1.807, 2.05) is 20.8 Å². The van der Waals surface area contributed by atoms with Crippen LogP contribution in [0, 0.1) is 5.92 Å². The van der Waals surface area contributed by atoms with E-state index in [4.69, 9.17) is 0 Å². The van der Waals surface area contributed by atoms with Crippen LogP contribution in [-0.4, -0.2) is 0 Å². The molecule has 0 saturated carbocycles. The Kier molecular flexibility index (Phi) is 37.2. The van der Waals surface area contributed by atoms with E-state index in [0.29, 0.717) is 0 Å². The molecule has 0 spiro atoms. The molecule has 0 amide bonds. The van der Waals surface area contributed by atoms with Crippen LogP contribution >= 0.6 is 0 Å². The Morgan fingerprint density at radius 1 is 0.857 bits per heavy atom. The molecule has 0 aliphatic carbocycles. The van der Waals surface area contributed by atoms with Crippen molar-refractivity contribution in [3.63, 3.8) is 0 Å². The van der Waals surface area contributed by atoms with Gasteiger partial charge in [0.25, 0.3) is 0 Å². The Labute approximate surface area is 137 Å². The van der Waals surface area contributed by atoms with Crippen molar-refractivity contribution in [1.29, 1.82) is 0 Å². The lowest BCUT2D eigenvalue weighted by molar-refractivity contribution is 0.480. The van der Waals surface area contributed by atoms with Crippen molar-refractivity contribution in [3.8, 4) is 0 Å². The maximum Gasteiger partial charge on any atom is -0.0439 e. The fourth-order valence-electron chi connectivity index (χ4n) is 1.46. The standard InChI is InChI=1S/C8H14.C8H18.C3H6.C2H6/c1-7(2)5-6-8(3)4;1-4-6-8(3)7-5-2;1-3-2;1-2/h5-6H,1-4H3;8H,4-7H2,1-3H3;3H,1H2,2H3;1-2H3. The number of rotatable bonds is 5. The van der Waals surface area contributed by atoms with Crippen LogP contribution in [0.5, 0.6) is 0 Å². The average Bonchev–Trinajstić information content (AvgIpc) is 2.41. The van der Waals surface area contributed by atoms with Gasteiger partial charge in [-0.25, -0.2) is 0 Å². The molecular formula is C21H44. The quantitative estimate of drug-likeness (QED) is 0.353. The van der Waals surface area contributed by atoms with E-state index in [0.717, 1.165) is 5.92 Å². The van der Waals surface area contributed by atoms with Crippen LogP contribution < -0.4 is 0 Å². The first-order valence-corrected chi connectivity index (χ1v) is 8.70. The fourth-order valence-corrected chi connectivity index (χ4v) is 1.46. The van der Waals surface area contributed by atoms with Crippen LogP contribution in [0.25, 0.3) is 0 Å². The monoisotopic (exact) mass is 296 g/mol. The Balaban J connectivity index is -0.000000105. The molecule has 21 heavy (non-hydrogen) atoms. The number of allylic oxidation sites excluding steroid dienone is 5. The summed E-state index contributed by atoms with van der Waals surface area (Å²) in [5.41, 5.74) is 2.71. The highest BCUT2D eigenvalue weighted by Gasteiger charge is 1.95. The maximum absolute atomic E-state index is 3.36. The van der Waals surface area contributed by atoms with Crippen molar-refractivity contribution in [2.24, 2.45) is 5.92 Å². The SMILES string of the molecule is C=CC.CC.CC(C)=CC=C(C)C.CCCC(C)CCC. The third-order valence-corrected chi connectivity index (χ3v) is 2.31. The maximum atomic E-state index is 3.36. The molecular weight excluding hydrogens is 252 g/mol. The zero-order valence-corrected chi connectivity index (χ0v) is 16.8. The third kappa shape index (κ3) is 54.6. The minimum absolute atomic E-state index is 0.963. The third-order valence-electron chi connectivity index (χ3n) is 2.31. The summed E-state index contributed by atoms with van der Waals surface area (Å²) < 4.78 is 0. The molecule has 0 saturated heterocycles. The van der Waals surface area contributed by atoms with Crippen LogP contribution in [0.2, 0.25) is 0 Å². The Morgan fingerprint density at radius 3 is 1.24 bits per heavy atom. The van der Waals surface area contributed by atoms with E-state index in [9.17, 15) is 0 Å². The van der Waals surface area contributed by atoms with Gasteiger partial charge in [-0.1, -0.05) is 89.7 Å². The summed E-state index contributed by atoms with van der Waals surface area (Å²) in [5.74, 6) is 0.963. The van der Waals surface area contributed by atoms with E-state index in [1.54, 1.807) is 6.08 Å². The van der Waals surface area contributed by atoms with E-state index in [1.165, 1.54) is 36.8 Å². The Morgan fingerprint density at radius 2 is 1.10 bits per heavy atom. The summed E-state index contributed by atoms with van der Waals surface area (Å²) in [6, 6.07) is 0. The first kappa shape index (κ1) is 28.4. The molecule has 0 atom stereocenters. The minimum atomic E-state index is 0.963. The molecule has 0 aliphatic rings. The summed E-state index contributed by atoms with van der Waals surface area (Å²) in [6.07, 6.45) is 11.5. The normalized spacial score (nSPS) is 7.95. The van der Waals surface area contributed by atoms with Crippen molar-refractivity contribution in [1.82, 2.24) is 0 Å². The smallest absolute Gasteiger partial charge is 0.0439 e. The molecule has 0 nitrogen and oxygen atoms in total. The lowest BCUT2D eigenvalue weighted by Gasteiger charge is -2.05. The summed E-state index contributed by atoms with van der Waals surface area (Å²) in [6.45, 7) is 24.5. The van der Waals surface area contributed by atoms with Crippen molar-refractivity contribution in [2.45, 2.75) is 94.9 Å². The second-order valence-electron chi connectivity index (χ2n) is 5.58. The van der Waals surface area contributed by atoms with Gasteiger partial charge in [-0.15, -0.1) is 6.58 Å². The summed E-state index contributed by atoms with van der Waals surface area (Å²) in [4.78, 5) is 0. The topological polar surface area (TPSA) is 0 Å². The minimum Gasteiger partial charge on any atom is -0.103 e. The van der Waals surface area contributed by atoms with Crippen LogP contribution in [0.3, 0.4) is 0 Å². The summed E-state index contributed by atoms with van der Waals surface area (Å²) in [7, 11) is 0. The molecule has 128 valence electrons. The van der Waals surface area contributed by atoms with Gasteiger partial charge in [-0.3, -0.25) is 0 Å². The first-order valence-electron chi connectivity index (χ1n) is 8.70. The van der Waals surface area contributed by atoms with Crippen molar-refractivity contribution < 1.29 is 0 Å². The van der Waals surface area contributed by atoms with E-state index >= 15 is 0 Å². The van der Waals surface area contributed by atoms with Crippen molar-refractivity contribution in [3.05, 3.63) is 36.0 Å². The first-order chi connectivity index (χ1) is 9.85. The van der Waals surface area contributed by atoms with Crippen molar-refractivity contribution in [2.75, 3.05) is 0 Å². The molecule has 0 N–H and O–H groups in total. The van der Waals surface area contributed by atoms with Gasteiger partial charge >= 0.3 is 0 Å². The molecule has 0 unspecified atom stereocenters. The molecule has 0 aromatic heterocycles. The molecule has 0 aromatic carbocycles. The molecule has 0 bridgehead atoms. The summed E-state index contributed by atoms with van der Waals surface area (Å²) >= 11 is 0. The Bertz CT molecular complexity index is 200. The van der Waals surface area contributed by atoms with Crippen LogP contribution in [0.15, 0.2) is 36.0 Å². The van der Waals surface area contributed by atoms with Gasteiger partial charge in [-0.2, -0.15) is 0 Å². The average molecular weight is 297 g/mol. The van der Waals surface area contributed by atoms with Gasteiger partial charge in [0.2, 0.25) is 0 Å². The van der Waals surface area contributed by atoms with Gasteiger partial charge in [0, 0.05) is 0 Å². The molecule has 0 aliphatic heterocycles. The molecule has 0 heterocycles. The zero-order valence-electron chi connectivity index (χ0n) is 16.8. The molecule has 0 fully saturated rings. The van der Waals surface area contributed by atoms with Gasteiger partial charge in [0.15, 0.2) is 0 Å². The van der Waals surface area contributed by atoms with Gasteiger partial charge < -0.3 is 0 Å². The molecule has 0 aromatic rings. The lowest BCUT2D eigenvalue weighted by Crippen LogP contribution is -1.91. The van der Waals surface area contributed by atoms with E-state index < -0.39 is 0 Å². The molecule has 0 radical (unpaired) electrons. The summed E-state index contributed by atoms with van der Waals surface area (Å²) in [5, 5.41) is 0. The molecule has 0 heteroatoms. The fraction of sp³-hybridized carbons (Fsp3) is 0.714. The van der Waals surface area contributed by atoms with E-state index in [2.05, 4.69) is 67.2 Å². The van der Waals surface area contributed by atoms with Gasteiger partial charge in [0.1, 0.15) is 0 Å². The van der Waals surface area contributed by atoms with Gasteiger partial charge in [0.05, 0.1) is 0 Å². The van der Waals surface area contributed by atoms with Crippen LogP contribution in [0.1, 0.15) is 94.9 Å². The second-order valence-corrected chi connectivity index (χ2v) is 5.58. The Hall–Kier alpha value is -0.780. The highest BCUT2D eigenvalue weighted by Crippen LogP contribution is 2.10. The lowest BCUT2D eigenvalue weighted by atomic mass is 10.0. The highest BCUT2D eigenvalue weighted by molar-refractivity contribution is 5.12.